The van der Waals surface area contributed by atoms with E-state index < -0.39 is 0 Å². The Morgan fingerprint density at radius 2 is 2.16 bits per heavy atom. The Morgan fingerprint density at radius 1 is 1.47 bits per heavy atom. The van der Waals surface area contributed by atoms with Gasteiger partial charge < -0.3 is 10.2 Å². The Morgan fingerprint density at radius 3 is 2.79 bits per heavy atom. The van der Waals surface area contributed by atoms with Crippen LogP contribution in [0.4, 0.5) is 4.39 Å². The minimum atomic E-state index is -0.360. The molecule has 1 saturated heterocycles. The van der Waals surface area contributed by atoms with Crippen LogP contribution in [0.5, 0.6) is 0 Å². The van der Waals surface area contributed by atoms with Crippen molar-refractivity contribution in [2.45, 2.75) is 25.8 Å². The lowest BCUT2D eigenvalue weighted by Crippen LogP contribution is -2.41. The van der Waals surface area contributed by atoms with Gasteiger partial charge in [0.15, 0.2) is 0 Å². The summed E-state index contributed by atoms with van der Waals surface area (Å²) < 4.78 is 13.4. The van der Waals surface area contributed by atoms with Crippen molar-refractivity contribution < 1.29 is 9.18 Å². The van der Waals surface area contributed by atoms with Crippen molar-refractivity contribution in [2.75, 3.05) is 19.6 Å². The van der Waals surface area contributed by atoms with Gasteiger partial charge in [0.05, 0.1) is 4.47 Å². The average molecular weight is 329 g/mol. The average Bonchev–Trinajstić information content (AvgIpc) is 2.85. The zero-order valence-electron chi connectivity index (χ0n) is 11.0. The first-order valence-electron chi connectivity index (χ1n) is 6.54. The number of halogens is 2. The van der Waals surface area contributed by atoms with Gasteiger partial charge in [-0.2, -0.15) is 0 Å². The number of carbonyl (C=O) groups is 1. The van der Waals surface area contributed by atoms with Gasteiger partial charge in [-0.3, -0.25) is 4.79 Å². The van der Waals surface area contributed by atoms with E-state index in [1.54, 1.807) is 0 Å². The first kappa shape index (κ1) is 14.5. The molecule has 1 atom stereocenters. The quantitative estimate of drug-likeness (QED) is 0.921. The van der Waals surface area contributed by atoms with E-state index in [0.717, 1.165) is 19.6 Å². The van der Waals surface area contributed by atoms with Crippen molar-refractivity contribution in [3.8, 4) is 0 Å². The van der Waals surface area contributed by atoms with Gasteiger partial charge in [-0.05, 0) is 67.0 Å². The second-order valence-electron chi connectivity index (χ2n) is 5.01. The van der Waals surface area contributed by atoms with Crippen molar-refractivity contribution in [2.24, 2.45) is 0 Å². The van der Waals surface area contributed by atoms with E-state index in [2.05, 4.69) is 26.1 Å². The fraction of sp³-hybridized carbons (Fsp3) is 0.500. The molecular formula is C14H18BrFN2O. The van der Waals surface area contributed by atoms with E-state index >= 15 is 0 Å². The van der Waals surface area contributed by atoms with Crippen molar-refractivity contribution in [3.63, 3.8) is 0 Å². The lowest BCUT2D eigenvalue weighted by Gasteiger charge is -2.21. The normalized spacial score (nSPS) is 17.4. The first-order valence-corrected chi connectivity index (χ1v) is 7.34. The number of amides is 1. The summed E-state index contributed by atoms with van der Waals surface area (Å²) in [5.74, 6) is -0.519. The van der Waals surface area contributed by atoms with Gasteiger partial charge in [-0.25, -0.2) is 4.39 Å². The van der Waals surface area contributed by atoms with E-state index in [1.807, 2.05) is 6.92 Å². The molecule has 0 aliphatic carbocycles. The second-order valence-corrected chi connectivity index (χ2v) is 5.87. The summed E-state index contributed by atoms with van der Waals surface area (Å²) in [6, 6.07) is 4.39. The molecule has 104 valence electrons. The molecule has 1 heterocycles. The van der Waals surface area contributed by atoms with E-state index in [-0.39, 0.29) is 17.8 Å². The third kappa shape index (κ3) is 4.01. The number of rotatable bonds is 4. The van der Waals surface area contributed by atoms with Gasteiger partial charge in [-0.15, -0.1) is 0 Å². The summed E-state index contributed by atoms with van der Waals surface area (Å²) >= 11 is 3.09. The standard InChI is InChI=1S/C14H18BrFN2O/c1-10(9-18-6-2-3-7-18)17-14(19)11-4-5-13(16)12(15)8-11/h4-5,8,10H,2-3,6-7,9H2,1H3,(H,17,19). The molecule has 19 heavy (non-hydrogen) atoms. The summed E-state index contributed by atoms with van der Waals surface area (Å²) in [7, 11) is 0. The number of hydrogen-bond acceptors (Lipinski definition) is 2. The highest BCUT2D eigenvalue weighted by Crippen LogP contribution is 2.17. The molecule has 2 rings (SSSR count). The Labute approximate surface area is 121 Å². The predicted octanol–water partition coefficient (Wildman–Crippen LogP) is 2.80. The Kier molecular flexibility index (Phi) is 4.93. The molecule has 0 aromatic heterocycles. The molecule has 1 unspecified atom stereocenters. The molecule has 1 aromatic carbocycles. The van der Waals surface area contributed by atoms with Gasteiger partial charge in [0.25, 0.3) is 5.91 Å². The second kappa shape index (κ2) is 6.48. The lowest BCUT2D eigenvalue weighted by molar-refractivity contribution is 0.0932. The highest BCUT2D eigenvalue weighted by Gasteiger charge is 2.17. The molecule has 1 aromatic rings. The highest BCUT2D eigenvalue weighted by molar-refractivity contribution is 9.10. The van der Waals surface area contributed by atoms with Crippen LogP contribution in [0.15, 0.2) is 22.7 Å². The Bertz CT molecular complexity index is 461. The van der Waals surface area contributed by atoms with E-state index in [0.29, 0.717) is 10.0 Å². The first-order chi connectivity index (χ1) is 9.06. The minimum Gasteiger partial charge on any atom is -0.348 e. The maximum absolute atomic E-state index is 13.1. The summed E-state index contributed by atoms with van der Waals surface area (Å²) in [4.78, 5) is 14.4. The van der Waals surface area contributed by atoms with Crippen molar-refractivity contribution in [1.82, 2.24) is 10.2 Å². The summed E-state index contributed by atoms with van der Waals surface area (Å²) in [5.41, 5.74) is 0.474. The SMILES string of the molecule is CC(CN1CCCC1)NC(=O)c1ccc(F)c(Br)c1. The van der Waals surface area contributed by atoms with Gasteiger partial charge in [-0.1, -0.05) is 0 Å². The molecule has 0 radical (unpaired) electrons. The lowest BCUT2D eigenvalue weighted by atomic mass is 10.2. The van der Waals surface area contributed by atoms with Crippen LogP contribution >= 0.6 is 15.9 Å². The predicted molar refractivity (Wildman–Crippen MR) is 76.7 cm³/mol. The molecule has 1 fully saturated rings. The topological polar surface area (TPSA) is 32.3 Å². The van der Waals surface area contributed by atoms with Gasteiger partial charge in [0.1, 0.15) is 5.82 Å². The van der Waals surface area contributed by atoms with Crippen LogP contribution in [0.3, 0.4) is 0 Å². The number of nitrogens with one attached hydrogen (secondary N) is 1. The van der Waals surface area contributed by atoms with Crippen molar-refractivity contribution in [1.29, 1.82) is 0 Å². The van der Waals surface area contributed by atoms with E-state index in [9.17, 15) is 9.18 Å². The molecule has 1 N–H and O–H groups in total. The van der Waals surface area contributed by atoms with Crippen LogP contribution in [0.2, 0.25) is 0 Å². The largest absolute Gasteiger partial charge is 0.348 e. The van der Waals surface area contributed by atoms with Crippen LogP contribution in [0, 0.1) is 5.82 Å². The summed E-state index contributed by atoms with van der Waals surface area (Å²) in [6.45, 7) is 5.09. The molecule has 1 aliphatic heterocycles. The summed E-state index contributed by atoms with van der Waals surface area (Å²) in [6.07, 6.45) is 2.48. The van der Waals surface area contributed by atoms with Crippen LogP contribution in [-0.4, -0.2) is 36.5 Å². The molecular weight excluding hydrogens is 311 g/mol. The van der Waals surface area contributed by atoms with Crippen LogP contribution in [-0.2, 0) is 0 Å². The maximum atomic E-state index is 13.1. The number of likely N-dealkylation sites (tertiary alicyclic amines) is 1. The number of nitrogens with zero attached hydrogens (tertiary/aromatic N) is 1. The fourth-order valence-electron chi connectivity index (χ4n) is 2.34. The smallest absolute Gasteiger partial charge is 0.251 e. The molecule has 1 amide bonds. The zero-order chi connectivity index (χ0) is 13.8. The van der Waals surface area contributed by atoms with E-state index in [4.69, 9.17) is 0 Å². The van der Waals surface area contributed by atoms with E-state index in [1.165, 1.54) is 31.0 Å². The third-order valence-corrected chi connectivity index (χ3v) is 3.90. The molecule has 5 heteroatoms. The number of hydrogen-bond donors (Lipinski definition) is 1. The molecule has 1 aliphatic rings. The number of benzene rings is 1. The van der Waals surface area contributed by atoms with Crippen LogP contribution < -0.4 is 5.32 Å². The zero-order valence-corrected chi connectivity index (χ0v) is 12.5. The van der Waals surface area contributed by atoms with Crippen molar-refractivity contribution in [3.05, 3.63) is 34.1 Å². The molecule has 0 saturated carbocycles. The van der Waals surface area contributed by atoms with Crippen LogP contribution in [0.1, 0.15) is 30.1 Å². The third-order valence-electron chi connectivity index (χ3n) is 3.29. The fourth-order valence-corrected chi connectivity index (χ4v) is 2.72. The maximum Gasteiger partial charge on any atom is 0.251 e. The van der Waals surface area contributed by atoms with Gasteiger partial charge in [0, 0.05) is 18.2 Å². The Hall–Kier alpha value is -0.940. The highest BCUT2D eigenvalue weighted by atomic mass is 79.9. The molecule has 3 nitrogen and oxygen atoms in total. The van der Waals surface area contributed by atoms with Crippen LogP contribution in [0.25, 0.3) is 0 Å². The summed E-state index contributed by atoms with van der Waals surface area (Å²) in [5, 5.41) is 2.95. The van der Waals surface area contributed by atoms with Crippen molar-refractivity contribution >= 4 is 21.8 Å². The molecule has 0 spiro atoms. The Balaban J connectivity index is 1.90. The molecule has 0 bridgehead atoms. The number of carbonyl (C=O) groups excluding carboxylic acids is 1. The van der Waals surface area contributed by atoms with Gasteiger partial charge in [0.2, 0.25) is 0 Å². The monoisotopic (exact) mass is 328 g/mol. The minimum absolute atomic E-state index is 0.0921. The van der Waals surface area contributed by atoms with Gasteiger partial charge >= 0.3 is 0 Å².